The van der Waals surface area contributed by atoms with Crippen molar-refractivity contribution in [3.05, 3.63) is 55.9 Å². The first-order chi connectivity index (χ1) is 10.3. The molecule has 4 rings (SSSR count). The Hall–Kier alpha value is -0.820. The van der Waals surface area contributed by atoms with Gasteiger partial charge in [0.25, 0.3) is 0 Å². The Morgan fingerprint density at radius 3 is 2.05 bits per heavy atom. The fraction of sp³-hybridized carbons (Fsp3) is 0.0667. The maximum absolute atomic E-state index is 5.20. The highest BCUT2D eigenvalue weighted by Crippen LogP contribution is 2.57. The van der Waals surface area contributed by atoms with Crippen molar-refractivity contribution < 1.29 is 4.74 Å². The standard InChI is InChI=1S/C15H11NOS4/c1-17-11-4-2-10(3-5-11)16-8-12-13(9-16)21-15(20-12)14-18-6-7-19-14/h2-9H,1H3. The van der Waals surface area contributed by atoms with E-state index in [1.54, 1.807) is 7.11 Å². The van der Waals surface area contributed by atoms with E-state index >= 15 is 0 Å². The molecule has 2 nitrogen and oxygen atoms in total. The lowest BCUT2D eigenvalue weighted by Crippen LogP contribution is -1.90. The van der Waals surface area contributed by atoms with Gasteiger partial charge in [-0.3, -0.25) is 0 Å². The number of rotatable bonds is 2. The zero-order valence-corrected chi connectivity index (χ0v) is 14.4. The zero-order chi connectivity index (χ0) is 14.2. The minimum absolute atomic E-state index is 0.886. The van der Waals surface area contributed by atoms with Crippen LogP contribution in [0.1, 0.15) is 0 Å². The maximum Gasteiger partial charge on any atom is 0.119 e. The molecular formula is C15H11NOS4. The number of fused-ring (bicyclic) bond motifs is 1. The first kappa shape index (κ1) is 13.8. The van der Waals surface area contributed by atoms with Crippen LogP contribution in [0, 0.1) is 0 Å². The number of aromatic nitrogens is 1. The normalized spacial score (nSPS) is 16.6. The molecule has 21 heavy (non-hydrogen) atoms. The van der Waals surface area contributed by atoms with Crippen LogP contribution in [0.25, 0.3) is 5.69 Å². The molecule has 1 aromatic carbocycles. The summed E-state index contributed by atoms with van der Waals surface area (Å²) in [5.74, 6) is 0.886. The van der Waals surface area contributed by atoms with Crippen LogP contribution in [0.4, 0.5) is 0 Å². The number of hydrogen-bond acceptors (Lipinski definition) is 5. The SMILES string of the molecule is COc1ccc(-n2cc3c(c2)SC(=C2SC=CS2)S3)cc1. The van der Waals surface area contributed by atoms with Crippen molar-refractivity contribution in [2.24, 2.45) is 0 Å². The van der Waals surface area contributed by atoms with Gasteiger partial charge in [-0.2, -0.15) is 0 Å². The number of hydrogen-bond donors (Lipinski definition) is 0. The Kier molecular flexibility index (Phi) is 3.79. The number of ether oxygens (including phenoxy) is 1. The van der Waals surface area contributed by atoms with Crippen molar-refractivity contribution in [3.63, 3.8) is 0 Å². The lowest BCUT2D eigenvalue weighted by molar-refractivity contribution is 0.415. The molecule has 0 fully saturated rings. The molecule has 2 aliphatic rings. The lowest BCUT2D eigenvalue weighted by atomic mass is 10.3. The second kappa shape index (κ2) is 5.76. The summed E-state index contributed by atoms with van der Waals surface area (Å²) in [6.07, 6.45) is 4.42. The summed E-state index contributed by atoms with van der Waals surface area (Å²) in [6, 6.07) is 8.14. The molecule has 0 atom stereocenters. The summed E-state index contributed by atoms with van der Waals surface area (Å²) >= 11 is 7.38. The summed E-state index contributed by atoms with van der Waals surface area (Å²) in [5, 5.41) is 4.29. The molecular weight excluding hydrogens is 338 g/mol. The van der Waals surface area contributed by atoms with E-state index < -0.39 is 0 Å². The van der Waals surface area contributed by atoms with Gasteiger partial charge >= 0.3 is 0 Å². The smallest absolute Gasteiger partial charge is 0.119 e. The molecule has 1 aromatic heterocycles. The molecule has 106 valence electrons. The van der Waals surface area contributed by atoms with Gasteiger partial charge in [0.2, 0.25) is 0 Å². The molecule has 0 N–H and O–H groups in total. The molecule has 6 heteroatoms. The lowest BCUT2D eigenvalue weighted by Gasteiger charge is -2.05. The summed E-state index contributed by atoms with van der Waals surface area (Å²) < 4.78 is 10.2. The number of nitrogens with zero attached hydrogens (tertiary/aromatic N) is 1. The largest absolute Gasteiger partial charge is 0.497 e. The zero-order valence-electron chi connectivity index (χ0n) is 11.1. The van der Waals surface area contributed by atoms with E-state index in [1.165, 1.54) is 18.3 Å². The Balaban J connectivity index is 1.59. The van der Waals surface area contributed by atoms with Gasteiger partial charge in [-0.1, -0.05) is 47.0 Å². The van der Waals surface area contributed by atoms with Crippen LogP contribution < -0.4 is 4.74 Å². The van der Waals surface area contributed by atoms with E-state index in [-0.39, 0.29) is 0 Å². The van der Waals surface area contributed by atoms with E-state index in [1.807, 2.05) is 59.2 Å². The van der Waals surface area contributed by atoms with Gasteiger partial charge in [-0.05, 0) is 35.1 Å². The highest BCUT2D eigenvalue weighted by molar-refractivity contribution is 8.32. The third-order valence-corrected chi connectivity index (χ3v) is 8.25. The van der Waals surface area contributed by atoms with Crippen LogP contribution in [0.15, 0.2) is 65.7 Å². The van der Waals surface area contributed by atoms with E-state index in [0.29, 0.717) is 0 Å². The molecule has 0 saturated carbocycles. The molecule has 2 aromatic rings. The van der Waals surface area contributed by atoms with Gasteiger partial charge in [0.05, 0.1) is 15.6 Å². The van der Waals surface area contributed by atoms with Crippen molar-refractivity contribution in [2.45, 2.75) is 9.79 Å². The Bertz CT molecular complexity index is 710. The fourth-order valence-electron chi connectivity index (χ4n) is 2.08. The topological polar surface area (TPSA) is 14.2 Å². The van der Waals surface area contributed by atoms with Gasteiger partial charge in [0, 0.05) is 27.9 Å². The van der Waals surface area contributed by atoms with Crippen LogP contribution >= 0.6 is 47.0 Å². The Labute approximate surface area is 140 Å². The van der Waals surface area contributed by atoms with Gasteiger partial charge < -0.3 is 9.30 Å². The van der Waals surface area contributed by atoms with Gasteiger partial charge in [0.15, 0.2) is 0 Å². The monoisotopic (exact) mass is 349 g/mol. The highest BCUT2D eigenvalue weighted by atomic mass is 32.2. The molecule has 0 bridgehead atoms. The first-order valence-corrected chi connectivity index (χ1v) is 9.67. The predicted octanol–water partition coefficient (Wildman–Crippen LogP) is 5.76. The average molecular weight is 350 g/mol. The quantitative estimate of drug-likeness (QED) is 0.682. The summed E-state index contributed by atoms with van der Waals surface area (Å²) in [5.41, 5.74) is 1.16. The van der Waals surface area contributed by atoms with Crippen molar-refractivity contribution in [2.75, 3.05) is 7.11 Å². The van der Waals surface area contributed by atoms with Crippen molar-refractivity contribution >= 4 is 47.0 Å². The Morgan fingerprint density at radius 1 is 0.857 bits per heavy atom. The Morgan fingerprint density at radius 2 is 1.48 bits per heavy atom. The van der Waals surface area contributed by atoms with Crippen LogP contribution in [0.5, 0.6) is 5.75 Å². The minimum Gasteiger partial charge on any atom is -0.497 e. The van der Waals surface area contributed by atoms with E-state index in [2.05, 4.69) is 39.9 Å². The van der Waals surface area contributed by atoms with E-state index in [0.717, 1.165) is 11.4 Å². The molecule has 0 aliphatic carbocycles. The van der Waals surface area contributed by atoms with Gasteiger partial charge in [-0.15, -0.1) is 0 Å². The number of benzene rings is 1. The molecule has 0 amide bonds. The van der Waals surface area contributed by atoms with Crippen molar-refractivity contribution in [1.29, 1.82) is 0 Å². The molecule has 0 saturated heterocycles. The predicted molar refractivity (Wildman–Crippen MR) is 95.4 cm³/mol. The van der Waals surface area contributed by atoms with Crippen LogP contribution in [0.3, 0.4) is 0 Å². The number of thioether (sulfide) groups is 4. The highest BCUT2D eigenvalue weighted by Gasteiger charge is 2.24. The average Bonchev–Trinajstić information content (AvgIpc) is 3.22. The molecule has 0 unspecified atom stereocenters. The van der Waals surface area contributed by atoms with E-state index in [4.69, 9.17) is 4.74 Å². The summed E-state index contributed by atoms with van der Waals surface area (Å²) in [4.78, 5) is 2.68. The van der Waals surface area contributed by atoms with Crippen LogP contribution in [0.2, 0.25) is 0 Å². The van der Waals surface area contributed by atoms with Crippen LogP contribution in [-0.4, -0.2) is 11.7 Å². The second-order valence-corrected chi connectivity index (χ2v) is 8.83. The molecule has 3 heterocycles. The number of methoxy groups -OCH3 is 1. The second-order valence-electron chi connectivity index (χ2n) is 4.38. The summed E-state index contributed by atoms with van der Waals surface area (Å²) in [7, 11) is 1.69. The van der Waals surface area contributed by atoms with Crippen molar-refractivity contribution in [1.82, 2.24) is 4.57 Å². The third-order valence-electron chi connectivity index (χ3n) is 3.10. The van der Waals surface area contributed by atoms with Gasteiger partial charge in [0.1, 0.15) is 5.75 Å². The van der Waals surface area contributed by atoms with Gasteiger partial charge in [-0.25, -0.2) is 0 Å². The molecule has 2 aliphatic heterocycles. The molecule has 0 spiro atoms. The first-order valence-electron chi connectivity index (χ1n) is 6.28. The molecule has 0 radical (unpaired) electrons. The fourth-order valence-corrected chi connectivity index (χ4v) is 6.76. The minimum atomic E-state index is 0.886. The third kappa shape index (κ3) is 2.65. The maximum atomic E-state index is 5.20. The van der Waals surface area contributed by atoms with Crippen molar-refractivity contribution in [3.8, 4) is 11.4 Å². The van der Waals surface area contributed by atoms with Crippen LogP contribution in [-0.2, 0) is 0 Å². The van der Waals surface area contributed by atoms with E-state index in [9.17, 15) is 0 Å². The summed E-state index contributed by atoms with van der Waals surface area (Å²) in [6.45, 7) is 0.